The van der Waals surface area contributed by atoms with E-state index in [1.54, 1.807) is 0 Å². The molecule has 11 heteroatoms. The molecule has 0 aliphatic rings. The maximum absolute atomic E-state index is 12.8. The third kappa shape index (κ3) is 4.54. The van der Waals surface area contributed by atoms with Gasteiger partial charge in [-0.3, -0.25) is 4.79 Å². The molecule has 0 aliphatic carbocycles. The van der Waals surface area contributed by atoms with E-state index in [9.17, 15) is 39.6 Å². The van der Waals surface area contributed by atoms with Crippen molar-refractivity contribution < 1.29 is 39.6 Å². The number of sulfonamides is 1. The van der Waals surface area contributed by atoms with Crippen molar-refractivity contribution in [2.75, 3.05) is 0 Å². The van der Waals surface area contributed by atoms with Crippen LogP contribution < -0.4 is 4.72 Å². The minimum Gasteiger partial charge on any atom is -0.268 e. The van der Waals surface area contributed by atoms with Gasteiger partial charge in [0.25, 0.3) is 15.9 Å². The smallest absolute Gasteiger partial charge is 0.268 e. The lowest BCUT2D eigenvalue weighted by molar-refractivity contribution is -0.143. The lowest BCUT2D eigenvalue weighted by atomic mass is 10.0. The number of hydrogen-bond acceptors (Lipinski definition) is 3. The number of carbonyl (C=O) groups is 1. The van der Waals surface area contributed by atoms with Gasteiger partial charge in [-0.25, -0.2) is 13.1 Å². The van der Waals surface area contributed by atoms with Crippen LogP contribution in [-0.2, 0) is 22.4 Å². The summed E-state index contributed by atoms with van der Waals surface area (Å²) in [4.78, 5) is 11.6. The van der Waals surface area contributed by atoms with Gasteiger partial charge in [0.15, 0.2) is 0 Å². The fraction of sp³-hybridized carbons (Fsp3) is 0.133. The van der Waals surface area contributed by atoms with Crippen molar-refractivity contribution in [3.63, 3.8) is 0 Å². The van der Waals surface area contributed by atoms with Gasteiger partial charge >= 0.3 is 12.4 Å². The van der Waals surface area contributed by atoms with Crippen molar-refractivity contribution in [3.05, 3.63) is 65.2 Å². The number of hydrogen-bond donors (Lipinski definition) is 1. The van der Waals surface area contributed by atoms with Gasteiger partial charge < -0.3 is 0 Å². The molecule has 0 unspecified atom stereocenters. The second-order valence-corrected chi connectivity index (χ2v) is 6.72. The van der Waals surface area contributed by atoms with E-state index in [0.717, 1.165) is 12.1 Å². The molecular weight excluding hydrogens is 388 g/mol. The van der Waals surface area contributed by atoms with Crippen LogP contribution in [0, 0.1) is 0 Å². The zero-order valence-electron chi connectivity index (χ0n) is 12.5. The van der Waals surface area contributed by atoms with E-state index < -0.39 is 45.0 Å². The Kier molecular flexibility index (Phi) is 5.04. The highest BCUT2D eigenvalue weighted by molar-refractivity contribution is 7.90. The van der Waals surface area contributed by atoms with Gasteiger partial charge in [-0.1, -0.05) is 18.2 Å². The van der Waals surface area contributed by atoms with E-state index >= 15 is 0 Å². The highest BCUT2D eigenvalue weighted by Crippen LogP contribution is 2.36. The molecule has 0 saturated carbocycles. The molecule has 140 valence electrons. The van der Waals surface area contributed by atoms with Crippen LogP contribution in [0.2, 0.25) is 0 Å². The van der Waals surface area contributed by atoms with Gasteiger partial charge in [-0.2, -0.15) is 26.3 Å². The van der Waals surface area contributed by atoms with Crippen LogP contribution >= 0.6 is 0 Å². The van der Waals surface area contributed by atoms with Crippen molar-refractivity contribution in [1.29, 1.82) is 0 Å². The molecule has 0 spiro atoms. The molecule has 0 bridgehead atoms. The average molecular weight is 397 g/mol. The Morgan fingerprint density at radius 3 is 1.69 bits per heavy atom. The fourth-order valence-corrected chi connectivity index (χ4v) is 2.92. The Hall–Kier alpha value is -2.56. The van der Waals surface area contributed by atoms with Crippen LogP contribution in [0.1, 0.15) is 21.5 Å². The van der Waals surface area contributed by atoms with Crippen LogP contribution in [0.3, 0.4) is 0 Å². The highest BCUT2D eigenvalue weighted by Gasteiger charge is 2.37. The predicted octanol–water partition coefficient (Wildman–Crippen LogP) is 3.84. The van der Waals surface area contributed by atoms with Crippen molar-refractivity contribution in [1.82, 2.24) is 4.72 Å². The van der Waals surface area contributed by atoms with Crippen molar-refractivity contribution in [3.8, 4) is 0 Å². The van der Waals surface area contributed by atoms with E-state index in [2.05, 4.69) is 0 Å². The third-order valence-corrected chi connectivity index (χ3v) is 4.48. The van der Waals surface area contributed by atoms with Gasteiger partial charge in [-0.05, 0) is 30.3 Å². The zero-order valence-corrected chi connectivity index (χ0v) is 13.3. The Labute approximate surface area is 143 Å². The van der Waals surface area contributed by atoms with Crippen molar-refractivity contribution in [2.45, 2.75) is 17.2 Å². The topological polar surface area (TPSA) is 63.2 Å². The summed E-state index contributed by atoms with van der Waals surface area (Å²) in [6.45, 7) is 0. The van der Waals surface area contributed by atoms with Crippen LogP contribution in [0.5, 0.6) is 0 Å². The normalized spacial score (nSPS) is 12.7. The monoisotopic (exact) mass is 397 g/mol. The summed E-state index contributed by atoms with van der Waals surface area (Å²) in [7, 11) is -4.47. The number of halogens is 6. The second kappa shape index (κ2) is 6.63. The van der Waals surface area contributed by atoms with E-state index in [-0.39, 0.29) is 23.1 Å². The Balaban J connectivity index is 2.46. The van der Waals surface area contributed by atoms with E-state index in [1.165, 1.54) is 22.9 Å². The number of benzene rings is 2. The molecule has 2 aromatic rings. The maximum Gasteiger partial charge on any atom is 0.416 e. The molecule has 4 nitrogen and oxygen atoms in total. The first-order valence-corrected chi connectivity index (χ1v) is 8.21. The van der Waals surface area contributed by atoms with Crippen molar-refractivity contribution in [2.24, 2.45) is 0 Å². The molecule has 2 aromatic carbocycles. The summed E-state index contributed by atoms with van der Waals surface area (Å²) in [6.07, 6.45) is -10.3. The molecule has 0 heterocycles. The molecule has 0 radical (unpaired) electrons. The van der Waals surface area contributed by atoms with Gasteiger partial charge in [0.2, 0.25) is 0 Å². The average Bonchev–Trinajstić information content (AvgIpc) is 2.53. The minimum absolute atomic E-state index is 0.144. The number of rotatable bonds is 3. The fourth-order valence-electron chi connectivity index (χ4n) is 1.93. The molecule has 0 aromatic heterocycles. The number of carbonyl (C=O) groups excluding carboxylic acids is 1. The first kappa shape index (κ1) is 19.8. The summed E-state index contributed by atoms with van der Waals surface area (Å²) in [5.74, 6) is -1.62. The predicted molar refractivity (Wildman–Crippen MR) is 77.5 cm³/mol. The van der Waals surface area contributed by atoms with Gasteiger partial charge in [0.05, 0.1) is 16.0 Å². The summed E-state index contributed by atoms with van der Waals surface area (Å²) >= 11 is 0. The molecule has 0 atom stereocenters. The van der Waals surface area contributed by atoms with Gasteiger partial charge in [0, 0.05) is 5.56 Å². The zero-order chi connectivity index (χ0) is 19.8. The molecule has 26 heavy (non-hydrogen) atoms. The summed E-state index contributed by atoms with van der Waals surface area (Å²) in [6, 6.07) is 6.45. The first-order valence-electron chi connectivity index (χ1n) is 6.72. The molecule has 1 amide bonds. The molecule has 2 rings (SSSR count). The molecule has 0 aliphatic heterocycles. The van der Waals surface area contributed by atoms with E-state index in [1.807, 2.05) is 0 Å². The van der Waals surface area contributed by atoms with Crippen molar-refractivity contribution >= 4 is 15.9 Å². The minimum atomic E-state index is -5.16. The van der Waals surface area contributed by atoms with Crippen LogP contribution in [-0.4, -0.2) is 14.3 Å². The Bertz CT molecular complexity index is 888. The summed E-state index contributed by atoms with van der Waals surface area (Å²) in [5.41, 5.74) is -4.55. The first-order chi connectivity index (χ1) is 11.8. The summed E-state index contributed by atoms with van der Waals surface area (Å²) in [5, 5.41) is 0. The lowest BCUT2D eigenvalue weighted by Gasteiger charge is -2.14. The molecular formula is C15H9F6NO3S. The number of alkyl halides is 6. The number of amides is 1. The summed E-state index contributed by atoms with van der Waals surface area (Å²) < 4.78 is 102. The Morgan fingerprint density at radius 1 is 0.808 bits per heavy atom. The van der Waals surface area contributed by atoms with Crippen LogP contribution in [0.25, 0.3) is 0 Å². The van der Waals surface area contributed by atoms with Crippen LogP contribution in [0.4, 0.5) is 26.3 Å². The Morgan fingerprint density at radius 2 is 1.27 bits per heavy atom. The lowest BCUT2D eigenvalue weighted by Crippen LogP contribution is -2.31. The third-order valence-electron chi connectivity index (χ3n) is 3.13. The van der Waals surface area contributed by atoms with Gasteiger partial charge in [-0.15, -0.1) is 0 Å². The highest BCUT2D eigenvalue weighted by atomic mass is 32.2. The molecule has 0 saturated heterocycles. The SMILES string of the molecule is O=C(NS(=O)(=O)c1ccccc1)c1cc(C(F)(F)F)cc(C(F)(F)F)c1. The van der Waals surface area contributed by atoms with E-state index in [0.29, 0.717) is 0 Å². The quantitative estimate of drug-likeness (QED) is 0.801. The molecule has 0 fully saturated rings. The second-order valence-electron chi connectivity index (χ2n) is 5.04. The maximum atomic E-state index is 12.8. The van der Waals surface area contributed by atoms with Gasteiger partial charge in [0.1, 0.15) is 0 Å². The standard InChI is InChI=1S/C15H9F6NO3S/c16-14(17,18)10-6-9(7-11(8-10)15(19,20)21)13(23)22-26(24,25)12-4-2-1-3-5-12/h1-8H,(H,22,23). The molecule has 1 N–H and O–H groups in total. The largest absolute Gasteiger partial charge is 0.416 e. The van der Waals surface area contributed by atoms with Crippen LogP contribution in [0.15, 0.2) is 53.4 Å². The van der Waals surface area contributed by atoms with E-state index in [4.69, 9.17) is 0 Å². The number of nitrogens with one attached hydrogen (secondary N) is 1.